The van der Waals surface area contributed by atoms with Crippen LogP contribution in [0.3, 0.4) is 0 Å². The lowest BCUT2D eigenvalue weighted by molar-refractivity contribution is 0.425. The third-order valence-electron chi connectivity index (χ3n) is 4.80. The Morgan fingerprint density at radius 2 is 1.76 bits per heavy atom. The van der Waals surface area contributed by atoms with Gasteiger partial charge in [-0.3, -0.25) is 0 Å². The van der Waals surface area contributed by atoms with E-state index in [-0.39, 0.29) is 5.41 Å². The van der Waals surface area contributed by atoms with Crippen molar-refractivity contribution in [2.45, 2.75) is 57.4 Å². The molecule has 2 heterocycles. The van der Waals surface area contributed by atoms with Crippen LogP contribution < -0.4 is 0 Å². The summed E-state index contributed by atoms with van der Waals surface area (Å²) in [5.74, 6) is 2.77. The number of nitrogens with zero attached hydrogens (tertiary/aromatic N) is 4. The monoisotopic (exact) mass is 282 g/mol. The lowest BCUT2D eigenvalue weighted by Crippen LogP contribution is -2.20. The summed E-state index contributed by atoms with van der Waals surface area (Å²) in [5.41, 5.74) is 1.37. The number of aromatic nitrogens is 4. The van der Waals surface area contributed by atoms with E-state index >= 15 is 0 Å². The van der Waals surface area contributed by atoms with Crippen molar-refractivity contribution in [1.29, 1.82) is 0 Å². The first-order valence-electron chi connectivity index (χ1n) is 7.87. The molecule has 110 valence electrons. The van der Waals surface area contributed by atoms with Gasteiger partial charge in [0, 0.05) is 35.7 Å². The lowest BCUT2D eigenvalue weighted by atomic mass is 9.96. The van der Waals surface area contributed by atoms with Crippen LogP contribution in [0.4, 0.5) is 0 Å². The smallest absolute Gasteiger partial charge is 0.143 e. The molecule has 0 aliphatic heterocycles. The molecule has 4 nitrogen and oxygen atoms in total. The number of rotatable bonds is 3. The maximum absolute atomic E-state index is 4.58. The van der Waals surface area contributed by atoms with Gasteiger partial charge in [0.2, 0.25) is 0 Å². The summed E-state index contributed by atoms with van der Waals surface area (Å²) in [6, 6.07) is 0. The van der Waals surface area contributed by atoms with Gasteiger partial charge in [0.05, 0.1) is 5.56 Å². The van der Waals surface area contributed by atoms with Crippen molar-refractivity contribution in [2.24, 2.45) is 5.92 Å². The SMILES string of the molecule is CC(C)(C)c1ncc(-c2nccn2C2(C3CC3)CC2)cn1. The van der Waals surface area contributed by atoms with Gasteiger partial charge in [0.15, 0.2) is 0 Å². The molecule has 2 fully saturated rings. The molecule has 2 aliphatic carbocycles. The molecular formula is C17H22N4. The molecule has 0 unspecified atom stereocenters. The lowest BCUT2D eigenvalue weighted by Gasteiger charge is -2.20. The number of hydrogen-bond donors (Lipinski definition) is 0. The summed E-state index contributed by atoms with van der Waals surface area (Å²) in [7, 11) is 0. The van der Waals surface area contributed by atoms with Crippen LogP contribution in [0.15, 0.2) is 24.8 Å². The Bertz CT molecular complexity index is 655. The van der Waals surface area contributed by atoms with E-state index in [1.807, 2.05) is 18.6 Å². The highest BCUT2D eigenvalue weighted by molar-refractivity contribution is 5.53. The fraction of sp³-hybridized carbons (Fsp3) is 0.588. The highest BCUT2D eigenvalue weighted by Crippen LogP contribution is 2.60. The number of imidazole rings is 1. The molecule has 4 rings (SSSR count). The van der Waals surface area contributed by atoms with Gasteiger partial charge in [-0.15, -0.1) is 0 Å². The molecule has 2 aromatic rings. The standard InChI is InChI=1S/C17H22N4/c1-16(2,3)15-19-10-12(11-20-15)14-18-8-9-21(14)17(6-7-17)13-4-5-13/h8-11,13H,4-7H2,1-3H3. The minimum atomic E-state index is -0.0142. The Morgan fingerprint density at radius 1 is 1.10 bits per heavy atom. The average molecular weight is 282 g/mol. The maximum atomic E-state index is 4.58. The van der Waals surface area contributed by atoms with E-state index in [2.05, 4.69) is 46.5 Å². The topological polar surface area (TPSA) is 43.6 Å². The maximum Gasteiger partial charge on any atom is 0.143 e. The van der Waals surface area contributed by atoms with E-state index in [1.54, 1.807) is 0 Å². The molecule has 21 heavy (non-hydrogen) atoms. The van der Waals surface area contributed by atoms with Crippen LogP contribution >= 0.6 is 0 Å². The molecule has 0 N–H and O–H groups in total. The van der Waals surface area contributed by atoms with Crippen LogP contribution in [0.25, 0.3) is 11.4 Å². The molecular weight excluding hydrogens is 260 g/mol. The zero-order chi connectivity index (χ0) is 14.7. The predicted molar refractivity (Wildman–Crippen MR) is 81.9 cm³/mol. The van der Waals surface area contributed by atoms with Crippen LogP contribution in [0, 0.1) is 5.92 Å². The van der Waals surface area contributed by atoms with Crippen molar-refractivity contribution in [1.82, 2.24) is 19.5 Å². The highest BCUT2D eigenvalue weighted by Gasteiger charge is 2.55. The van der Waals surface area contributed by atoms with Crippen molar-refractivity contribution in [3.63, 3.8) is 0 Å². The molecule has 0 aromatic carbocycles. The largest absolute Gasteiger partial charge is 0.325 e. The highest BCUT2D eigenvalue weighted by atomic mass is 15.2. The van der Waals surface area contributed by atoms with Crippen LogP contribution in [0.2, 0.25) is 0 Å². The Kier molecular flexibility index (Phi) is 2.57. The minimum absolute atomic E-state index is 0.0142. The summed E-state index contributed by atoms with van der Waals surface area (Å²) in [6.45, 7) is 6.40. The van der Waals surface area contributed by atoms with E-state index in [4.69, 9.17) is 0 Å². The molecule has 0 atom stereocenters. The third-order valence-corrected chi connectivity index (χ3v) is 4.80. The van der Waals surface area contributed by atoms with Crippen LogP contribution in [-0.2, 0) is 11.0 Å². The summed E-state index contributed by atoms with van der Waals surface area (Å²) >= 11 is 0. The fourth-order valence-corrected chi connectivity index (χ4v) is 3.30. The second kappa shape index (κ2) is 4.15. The van der Waals surface area contributed by atoms with Crippen molar-refractivity contribution < 1.29 is 0 Å². The van der Waals surface area contributed by atoms with E-state index in [0.29, 0.717) is 5.54 Å². The Hall–Kier alpha value is -1.71. The van der Waals surface area contributed by atoms with E-state index in [0.717, 1.165) is 23.1 Å². The first-order chi connectivity index (χ1) is 10.0. The zero-order valence-electron chi connectivity index (χ0n) is 13.0. The summed E-state index contributed by atoms with van der Waals surface area (Å²) in [4.78, 5) is 13.7. The summed E-state index contributed by atoms with van der Waals surface area (Å²) in [5, 5.41) is 0. The first-order valence-corrected chi connectivity index (χ1v) is 7.87. The van der Waals surface area contributed by atoms with Gasteiger partial charge in [0.1, 0.15) is 11.6 Å². The molecule has 0 amide bonds. The molecule has 2 aromatic heterocycles. The van der Waals surface area contributed by atoms with Gasteiger partial charge in [-0.05, 0) is 31.6 Å². The van der Waals surface area contributed by atoms with E-state index in [1.165, 1.54) is 25.7 Å². The Labute approximate surface area is 125 Å². The molecule has 0 radical (unpaired) electrons. The van der Waals surface area contributed by atoms with Gasteiger partial charge in [-0.25, -0.2) is 15.0 Å². The predicted octanol–water partition coefficient (Wildman–Crippen LogP) is 3.54. The van der Waals surface area contributed by atoms with Crippen LogP contribution in [-0.4, -0.2) is 19.5 Å². The molecule has 0 saturated heterocycles. The van der Waals surface area contributed by atoms with Crippen LogP contribution in [0.1, 0.15) is 52.3 Å². The Morgan fingerprint density at radius 3 is 2.29 bits per heavy atom. The molecule has 0 bridgehead atoms. The van der Waals surface area contributed by atoms with Gasteiger partial charge < -0.3 is 4.57 Å². The first kappa shape index (κ1) is 13.0. The molecule has 2 aliphatic rings. The third kappa shape index (κ3) is 2.08. The van der Waals surface area contributed by atoms with E-state index < -0.39 is 0 Å². The van der Waals surface area contributed by atoms with Gasteiger partial charge >= 0.3 is 0 Å². The quantitative estimate of drug-likeness (QED) is 0.865. The molecule has 0 spiro atoms. The van der Waals surface area contributed by atoms with Crippen molar-refractivity contribution in [3.05, 3.63) is 30.6 Å². The average Bonchev–Trinajstić information content (AvgIpc) is 3.35. The van der Waals surface area contributed by atoms with Gasteiger partial charge in [-0.2, -0.15) is 0 Å². The summed E-state index contributed by atoms with van der Waals surface area (Å²) < 4.78 is 2.39. The van der Waals surface area contributed by atoms with Gasteiger partial charge in [-0.1, -0.05) is 20.8 Å². The second-order valence-electron chi connectivity index (χ2n) is 7.54. The van der Waals surface area contributed by atoms with E-state index in [9.17, 15) is 0 Å². The Balaban J connectivity index is 1.70. The normalized spacial score (nSPS) is 20.5. The fourth-order valence-electron chi connectivity index (χ4n) is 3.30. The second-order valence-corrected chi connectivity index (χ2v) is 7.54. The zero-order valence-corrected chi connectivity index (χ0v) is 13.0. The molecule has 2 saturated carbocycles. The van der Waals surface area contributed by atoms with Gasteiger partial charge in [0.25, 0.3) is 0 Å². The number of hydrogen-bond acceptors (Lipinski definition) is 3. The summed E-state index contributed by atoms with van der Waals surface area (Å²) in [6.07, 6.45) is 13.2. The molecule has 4 heteroatoms. The van der Waals surface area contributed by atoms with Crippen molar-refractivity contribution in [3.8, 4) is 11.4 Å². The van der Waals surface area contributed by atoms with Crippen molar-refractivity contribution >= 4 is 0 Å². The van der Waals surface area contributed by atoms with Crippen molar-refractivity contribution in [2.75, 3.05) is 0 Å². The van der Waals surface area contributed by atoms with Crippen LogP contribution in [0.5, 0.6) is 0 Å². The minimum Gasteiger partial charge on any atom is -0.325 e.